The van der Waals surface area contributed by atoms with Crippen molar-refractivity contribution in [3.05, 3.63) is 11.6 Å². The summed E-state index contributed by atoms with van der Waals surface area (Å²) in [4.78, 5) is 0. The molecule has 0 aliphatic rings. The number of rotatable bonds is 4. The fourth-order valence-corrected chi connectivity index (χ4v) is 1.29. The van der Waals surface area contributed by atoms with Crippen molar-refractivity contribution in [3.8, 4) is 0 Å². The Kier molecular flexibility index (Phi) is 5.28. The second-order valence-corrected chi connectivity index (χ2v) is 4.60. The lowest BCUT2D eigenvalue weighted by molar-refractivity contribution is 0.298. The first-order valence-corrected chi connectivity index (χ1v) is 5.08. The monoisotopic (exact) mass is 168 g/mol. The van der Waals surface area contributed by atoms with Crippen LogP contribution in [0.15, 0.2) is 11.6 Å². The van der Waals surface area contributed by atoms with Crippen LogP contribution in [0.3, 0.4) is 0 Å². The van der Waals surface area contributed by atoms with E-state index in [2.05, 4.69) is 47.6 Å². The molecule has 0 aromatic carbocycles. The van der Waals surface area contributed by atoms with Crippen molar-refractivity contribution >= 4 is 0 Å². The van der Waals surface area contributed by atoms with Gasteiger partial charge in [-0.3, -0.25) is 0 Å². The zero-order valence-electron chi connectivity index (χ0n) is 9.52. The van der Waals surface area contributed by atoms with E-state index in [9.17, 15) is 0 Å². The highest BCUT2D eigenvalue weighted by Gasteiger charge is 2.13. The van der Waals surface area contributed by atoms with Gasteiger partial charge in [-0.2, -0.15) is 0 Å². The lowest BCUT2D eigenvalue weighted by atomic mass is 9.84. The van der Waals surface area contributed by atoms with E-state index in [1.54, 1.807) is 0 Å². The normalized spacial score (nSPS) is 15.9. The van der Waals surface area contributed by atoms with Gasteiger partial charge in [0.2, 0.25) is 0 Å². The molecular weight excluding hydrogens is 144 g/mol. The third-order valence-electron chi connectivity index (χ3n) is 2.85. The average Bonchev–Trinajstić information content (AvgIpc) is 1.98. The van der Waals surface area contributed by atoms with Gasteiger partial charge in [0.25, 0.3) is 0 Å². The smallest absolute Gasteiger partial charge is 0.0320 e. The van der Waals surface area contributed by atoms with Gasteiger partial charge in [0, 0.05) is 0 Å². The third kappa shape index (κ3) is 4.58. The zero-order valence-corrected chi connectivity index (χ0v) is 9.52. The SMILES string of the molecule is CC(C)=CCC(C)C(C)C(C)C. The van der Waals surface area contributed by atoms with E-state index in [0.29, 0.717) is 0 Å². The van der Waals surface area contributed by atoms with E-state index in [4.69, 9.17) is 0 Å². The van der Waals surface area contributed by atoms with E-state index < -0.39 is 0 Å². The van der Waals surface area contributed by atoms with Crippen molar-refractivity contribution in [2.24, 2.45) is 17.8 Å². The standard InChI is InChI=1S/C12H24/c1-9(2)7-8-11(5)12(6)10(3)4/h7,10-12H,8H2,1-6H3. The van der Waals surface area contributed by atoms with Crippen LogP contribution in [0.2, 0.25) is 0 Å². The van der Waals surface area contributed by atoms with Gasteiger partial charge < -0.3 is 0 Å². The van der Waals surface area contributed by atoms with E-state index in [1.165, 1.54) is 12.0 Å². The van der Waals surface area contributed by atoms with Gasteiger partial charge in [-0.15, -0.1) is 0 Å². The minimum Gasteiger partial charge on any atom is -0.0856 e. The molecule has 2 atom stereocenters. The largest absolute Gasteiger partial charge is 0.0856 e. The minimum atomic E-state index is 0.811. The third-order valence-corrected chi connectivity index (χ3v) is 2.85. The summed E-state index contributed by atoms with van der Waals surface area (Å²) >= 11 is 0. The molecule has 0 radical (unpaired) electrons. The second-order valence-electron chi connectivity index (χ2n) is 4.60. The number of allylic oxidation sites excluding steroid dienone is 2. The molecule has 72 valence electrons. The van der Waals surface area contributed by atoms with Crippen molar-refractivity contribution in [3.63, 3.8) is 0 Å². The lowest BCUT2D eigenvalue weighted by Gasteiger charge is -2.22. The van der Waals surface area contributed by atoms with Crippen molar-refractivity contribution in [1.82, 2.24) is 0 Å². The maximum Gasteiger partial charge on any atom is -0.0320 e. The van der Waals surface area contributed by atoms with Crippen LogP contribution >= 0.6 is 0 Å². The second kappa shape index (κ2) is 5.40. The molecule has 0 N–H and O–H groups in total. The molecule has 12 heavy (non-hydrogen) atoms. The first-order valence-electron chi connectivity index (χ1n) is 5.08. The number of hydrogen-bond donors (Lipinski definition) is 0. The summed E-state index contributed by atoms with van der Waals surface area (Å²) < 4.78 is 0. The van der Waals surface area contributed by atoms with Crippen LogP contribution in [0.25, 0.3) is 0 Å². The molecule has 0 aromatic rings. The molecular formula is C12H24. The molecule has 0 aliphatic heterocycles. The van der Waals surface area contributed by atoms with Crippen LogP contribution < -0.4 is 0 Å². The molecule has 0 heteroatoms. The summed E-state index contributed by atoms with van der Waals surface area (Å²) in [5, 5.41) is 0. The molecule has 0 rings (SSSR count). The molecule has 0 saturated carbocycles. The van der Waals surface area contributed by atoms with Crippen LogP contribution in [-0.2, 0) is 0 Å². The highest BCUT2D eigenvalue weighted by atomic mass is 14.2. The van der Waals surface area contributed by atoms with Gasteiger partial charge in [-0.1, -0.05) is 39.3 Å². The first kappa shape index (κ1) is 11.7. The molecule has 0 aliphatic carbocycles. The number of hydrogen-bond acceptors (Lipinski definition) is 0. The Labute approximate surface area is 78.1 Å². The summed E-state index contributed by atoms with van der Waals surface area (Å²) in [7, 11) is 0. The quantitative estimate of drug-likeness (QED) is 0.550. The average molecular weight is 168 g/mol. The van der Waals surface area contributed by atoms with E-state index in [-0.39, 0.29) is 0 Å². The first-order chi connectivity index (χ1) is 5.45. The topological polar surface area (TPSA) is 0 Å². The van der Waals surface area contributed by atoms with Gasteiger partial charge >= 0.3 is 0 Å². The molecule has 0 amide bonds. The van der Waals surface area contributed by atoms with Crippen LogP contribution in [0, 0.1) is 17.8 Å². The molecule has 0 saturated heterocycles. The van der Waals surface area contributed by atoms with E-state index >= 15 is 0 Å². The molecule has 0 bridgehead atoms. The molecule has 0 heterocycles. The van der Waals surface area contributed by atoms with E-state index in [1.807, 2.05) is 0 Å². The van der Waals surface area contributed by atoms with Crippen molar-refractivity contribution < 1.29 is 0 Å². The Morgan fingerprint density at radius 2 is 1.58 bits per heavy atom. The van der Waals surface area contributed by atoms with Crippen LogP contribution in [0.5, 0.6) is 0 Å². The Bertz CT molecular complexity index is 138. The zero-order chi connectivity index (χ0) is 9.72. The Morgan fingerprint density at radius 3 is 1.92 bits per heavy atom. The molecule has 0 aromatic heterocycles. The summed E-state index contributed by atoms with van der Waals surface area (Å²) in [5.74, 6) is 2.46. The van der Waals surface area contributed by atoms with E-state index in [0.717, 1.165) is 17.8 Å². The van der Waals surface area contributed by atoms with Gasteiger partial charge in [0.1, 0.15) is 0 Å². The fourth-order valence-electron chi connectivity index (χ4n) is 1.29. The molecule has 2 unspecified atom stereocenters. The summed E-state index contributed by atoms with van der Waals surface area (Å²) in [6, 6.07) is 0. The highest BCUT2D eigenvalue weighted by Crippen LogP contribution is 2.23. The van der Waals surface area contributed by atoms with Crippen molar-refractivity contribution in [1.29, 1.82) is 0 Å². The van der Waals surface area contributed by atoms with Crippen molar-refractivity contribution in [2.75, 3.05) is 0 Å². The van der Waals surface area contributed by atoms with Gasteiger partial charge in [-0.05, 0) is 38.0 Å². The predicted octanol–water partition coefficient (Wildman–Crippen LogP) is 4.27. The van der Waals surface area contributed by atoms with Gasteiger partial charge in [0.05, 0.1) is 0 Å². The van der Waals surface area contributed by atoms with Crippen molar-refractivity contribution in [2.45, 2.75) is 48.0 Å². The van der Waals surface area contributed by atoms with Gasteiger partial charge in [-0.25, -0.2) is 0 Å². The lowest BCUT2D eigenvalue weighted by Crippen LogP contribution is -2.13. The molecule has 0 spiro atoms. The molecule has 0 nitrogen and oxygen atoms in total. The Balaban J connectivity index is 3.87. The summed E-state index contributed by atoms with van der Waals surface area (Å²) in [6.45, 7) is 13.7. The maximum atomic E-state index is 2.36. The van der Waals surface area contributed by atoms with Crippen LogP contribution in [-0.4, -0.2) is 0 Å². The van der Waals surface area contributed by atoms with Crippen LogP contribution in [0.1, 0.15) is 48.0 Å². The summed E-state index contributed by atoms with van der Waals surface area (Å²) in [5.41, 5.74) is 1.44. The predicted molar refractivity (Wildman–Crippen MR) is 57.2 cm³/mol. The Morgan fingerprint density at radius 1 is 1.08 bits per heavy atom. The Hall–Kier alpha value is -0.260. The minimum absolute atomic E-state index is 0.811. The van der Waals surface area contributed by atoms with Crippen LogP contribution in [0.4, 0.5) is 0 Å². The molecule has 0 fully saturated rings. The summed E-state index contributed by atoms with van der Waals surface area (Å²) in [6.07, 6.45) is 3.59. The maximum absolute atomic E-state index is 2.36. The fraction of sp³-hybridized carbons (Fsp3) is 0.833. The van der Waals surface area contributed by atoms with Gasteiger partial charge in [0.15, 0.2) is 0 Å². The highest BCUT2D eigenvalue weighted by molar-refractivity contribution is 4.94.